The minimum atomic E-state index is 0. The Morgan fingerprint density at radius 3 is 1.00 bits per heavy atom. The number of rotatable bonds is 0. The van der Waals surface area contributed by atoms with Gasteiger partial charge in [-0.15, -0.1) is 0 Å². The van der Waals surface area contributed by atoms with Gasteiger partial charge in [-0.25, -0.2) is 0 Å². The van der Waals surface area contributed by atoms with Crippen LogP contribution in [0.2, 0.25) is 0 Å². The zero-order valence-corrected chi connectivity index (χ0v) is 9.68. The molecule has 0 aromatic rings. The Bertz CT molecular complexity index is 8.00. The second-order valence-electron chi connectivity index (χ2n) is 0. The molecule has 0 N–H and O–H groups in total. The van der Waals surface area contributed by atoms with E-state index in [2.05, 4.69) is 0 Å². The van der Waals surface area contributed by atoms with E-state index in [0.717, 1.165) is 0 Å². The van der Waals surface area contributed by atoms with E-state index in [0.29, 0.717) is 0 Å². The fourth-order valence-corrected chi connectivity index (χ4v) is 0. The predicted molar refractivity (Wildman–Crippen MR) is 5.75 cm³/mol. The van der Waals surface area contributed by atoms with E-state index in [-0.39, 0.29) is 127 Å². The van der Waals surface area contributed by atoms with Gasteiger partial charge in [0.15, 0.2) is 0 Å². The van der Waals surface area contributed by atoms with Crippen molar-refractivity contribution in [1.29, 1.82) is 0 Å². The molecule has 4 heteroatoms. The smallest absolute Gasteiger partial charge is 0 e. The summed E-state index contributed by atoms with van der Waals surface area (Å²) in [6.07, 6.45) is 0. The zero-order chi connectivity index (χ0) is 0. The third kappa shape index (κ3) is 9.50. The van der Waals surface area contributed by atoms with Gasteiger partial charge in [0.2, 0.25) is 0 Å². The molecule has 0 nitrogen and oxygen atoms in total. The van der Waals surface area contributed by atoms with E-state index < -0.39 is 0 Å². The van der Waals surface area contributed by atoms with Crippen LogP contribution in [0.1, 0.15) is 0 Å². The van der Waals surface area contributed by atoms with Crippen LogP contribution in [-0.4, -0.2) is 17.4 Å². The first kappa shape index (κ1) is 24.1. The summed E-state index contributed by atoms with van der Waals surface area (Å²) in [5, 5.41) is 0. The maximum atomic E-state index is 0. The van der Waals surface area contributed by atoms with Gasteiger partial charge < -0.3 is 0 Å². The van der Waals surface area contributed by atoms with Crippen molar-refractivity contribution in [3.63, 3.8) is 0 Å². The van der Waals surface area contributed by atoms with Gasteiger partial charge in [-0.3, -0.25) is 0 Å². The molecule has 0 atom stereocenters. The summed E-state index contributed by atoms with van der Waals surface area (Å²) in [6.45, 7) is 0. The number of hydrogen-bond acceptors (Lipinski definition) is 0. The van der Waals surface area contributed by atoms with Crippen molar-refractivity contribution in [1.82, 2.24) is 0 Å². The van der Waals surface area contributed by atoms with Crippen LogP contribution in [0, 0.1) is 76.8 Å². The van der Waals surface area contributed by atoms with Gasteiger partial charge in [-0.2, -0.15) is 0 Å². The summed E-state index contributed by atoms with van der Waals surface area (Å²) < 4.78 is 0. The Morgan fingerprint density at radius 1 is 1.00 bits per heavy atom. The van der Waals surface area contributed by atoms with Crippen LogP contribution in [0.4, 0.5) is 0 Å². The van der Waals surface area contributed by atoms with Crippen molar-refractivity contribution in [3.05, 3.63) is 0 Å². The van der Waals surface area contributed by atoms with Crippen LogP contribution >= 0.6 is 0 Å². The normalized spacial score (nSPS) is 0. The predicted octanol–water partition coefficient (Wildman–Crippen LogP) is -0.383. The first-order valence-electron chi connectivity index (χ1n) is 0. The largest absolute Gasteiger partial charge is 0 e. The van der Waals surface area contributed by atoms with Crippen molar-refractivity contribution in [2.45, 2.75) is 0 Å². The minimum Gasteiger partial charge on any atom is 0 e. The van der Waals surface area contributed by atoms with Gasteiger partial charge >= 0.3 is 0 Å². The molecule has 4 heavy (non-hydrogen) atoms. The molecule has 0 spiro atoms. The summed E-state index contributed by atoms with van der Waals surface area (Å²) in [5.74, 6) is 0. The molecule has 0 aromatic carbocycles. The van der Waals surface area contributed by atoms with Crippen molar-refractivity contribution < 1.29 is 110 Å². The fourth-order valence-electron chi connectivity index (χ4n) is 0. The summed E-state index contributed by atoms with van der Waals surface area (Å²) in [7, 11) is 0. The maximum absolute atomic E-state index is 0. The average molecular weight is 448 g/mol. The fraction of sp³-hybridized carbons (Fsp3) is 0. The van der Waals surface area contributed by atoms with Crippen LogP contribution < -0.4 is 0 Å². The Balaban J connectivity index is 0. The third-order valence-electron chi connectivity index (χ3n) is 0. The molecule has 29 valence electrons. The van der Waals surface area contributed by atoms with E-state index in [9.17, 15) is 0 Å². The topological polar surface area (TPSA) is 0 Å². The van der Waals surface area contributed by atoms with Gasteiger partial charge in [0.25, 0.3) is 0 Å². The average Bonchev–Trinajstić information content (AvgIpc) is 0. The van der Waals surface area contributed by atoms with Crippen LogP contribution in [0.25, 0.3) is 0 Å². The molecule has 0 aliphatic rings. The SMILES string of the molecule is [Al].[Gd].[Lu].[Y]. The van der Waals surface area contributed by atoms with Gasteiger partial charge in [-0.1, -0.05) is 0 Å². The van der Waals surface area contributed by atoms with E-state index in [4.69, 9.17) is 0 Å². The third-order valence-corrected chi connectivity index (χ3v) is 0. The van der Waals surface area contributed by atoms with Crippen LogP contribution in [0.3, 0.4) is 0 Å². The van der Waals surface area contributed by atoms with Crippen molar-refractivity contribution in [2.24, 2.45) is 0 Å². The Labute approximate surface area is 123 Å². The van der Waals surface area contributed by atoms with Crippen LogP contribution in [-0.2, 0) is 32.7 Å². The molecular formula is AlGdLuY. The van der Waals surface area contributed by atoms with Gasteiger partial charge in [0.05, 0.1) is 0 Å². The molecule has 5 radical (unpaired) electrons. The van der Waals surface area contributed by atoms with E-state index in [1.807, 2.05) is 0 Å². The molecule has 0 bridgehead atoms. The first-order valence-corrected chi connectivity index (χ1v) is 0. The first-order chi connectivity index (χ1) is 0. The molecule has 0 aromatic heterocycles. The zero-order valence-electron chi connectivity index (χ0n) is 1.77. The van der Waals surface area contributed by atoms with E-state index in [1.54, 1.807) is 0 Å². The molecule has 0 unspecified atom stereocenters. The Morgan fingerprint density at radius 2 is 1.00 bits per heavy atom. The molecule has 0 saturated heterocycles. The van der Waals surface area contributed by atoms with Gasteiger partial charge in [0.1, 0.15) is 0 Å². The van der Waals surface area contributed by atoms with Crippen molar-refractivity contribution in [3.8, 4) is 0 Å². The summed E-state index contributed by atoms with van der Waals surface area (Å²) in [6, 6.07) is 0. The molecular weight excluding hydrogens is 448 g/mol. The Hall–Kier alpha value is 4.19. The van der Waals surface area contributed by atoms with Crippen molar-refractivity contribution in [2.75, 3.05) is 0 Å². The summed E-state index contributed by atoms with van der Waals surface area (Å²) in [4.78, 5) is 0. The molecule has 0 aliphatic heterocycles. The summed E-state index contributed by atoms with van der Waals surface area (Å²) >= 11 is 0. The van der Waals surface area contributed by atoms with Gasteiger partial charge in [0, 0.05) is 127 Å². The molecule has 0 fully saturated rings. The second-order valence-corrected chi connectivity index (χ2v) is 0. The van der Waals surface area contributed by atoms with E-state index in [1.165, 1.54) is 0 Å². The molecule has 0 amide bonds. The monoisotopic (exact) mass is 449 g/mol. The molecule has 0 rings (SSSR count). The van der Waals surface area contributed by atoms with Crippen molar-refractivity contribution >= 4 is 17.4 Å². The quantitative estimate of drug-likeness (QED) is 0.444. The molecule has 0 saturated carbocycles. The molecule has 0 heterocycles. The maximum Gasteiger partial charge on any atom is 0 e. The Kier molecular flexibility index (Phi) is 94.6. The summed E-state index contributed by atoms with van der Waals surface area (Å²) in [5.41, 5.74) is 0. The second kappa shape index (κ2) is 15.7. The van der Waals surface area contributed by atoms with Crippen LogP contribution in [0.15, 0.2) is 0 Å². The minimum absolute atomic E-state index is 0. The molecule has 0 aliphatic carbocycles. The van der Waals surface area contributed by atoms with Crippen LogP contribution in [0.5, 0.6) is 0 Å². The van der Waals surface area contributed by atoms with E-state index >= 15 is 0 Å². The standard InChI is InChI=1S/Al.Gd.Lu.Y. The van der Waals surface area contributed by atoms with Gasteiger partial charge in [-0.05, 0) is 0 Å². The number of hydrogen-bond donors (Lipinski definition) is 0.